The van der Waals surface area contributed by atoms with Crippen LogP contribution in [0.2, 0.25) is 0 Å². The number of carbonyl (C=O) groups excluding carboxylic acids is 1. The lowest BCUT2D eigenvalue weighted by Gasteiger charge is -2.14. The molecule has 68 valence electrons. The first kappa shape index (κ1) is 8.86. The summed E-state index contributed by atoms with van der Waals surface area (Å²) in [5.41, 5.74) is 6.89. The van der Waals surface area contributed by atoms with Crippen LogP contribution >= 0.6 is 0 Å². The van der Waals surface area contributed by atoms with Crippen LogP contribution in [-0.4, -0.2) is 24.6 Å². The Hall–Kier alpha value is -1.23. The summed E-state index contributed by atoms with van der Waals surface area (Å²) in [6.07, 6.45) is 0. The molecule has 0 aliphatic carbocycles. The molecule has 5 heteroatoms. The molecule has 0 bridgehead atoms. The van der Waals surface area contributed by atoms with Crippen molar-refractivity contribution in [1.29, 1.82) is 0 Å². The third kappa shape index (κ3) is 1.35. The first-order valence-corrected chi connectivity index (χ1v) is 3.79. The van der Waals surface area contributed by atoms with Crippen LogP contribution in [0.1, 0.15) is 13.8 Å². The number of hydrogen-bond acceptors (Lipinski definition) is 5. The van der Waals surface area contributed by atoms with E-state index >= 15 is 0 Å². The molecule has 1 rings (SSSR count). The van der Waals surface area contributed by atoms with Crippen molar-refractivity contribution in [2.45, 2.75) is 13.8 Å². The maximum Gasteiger partial charge on any atom is 0.357 e. The molecule has 1 aliphatic rings. The Kier molecular flexibility index (Phi) is 2.54. The molecule has 0 aromatic carbocycles. The summed E-state index contributed by atoms with van der Waals surface area (Å²) >= 11 is 0. The number of nitrogens with one attached hydrogen (secondary N) is 2. The van der Waals surface area contributed by atoms with Gasteiger partial charge in [-0.1, -0.05) is 0 Å². The lowest BCUT2D eigenvalue weighted by Crippen LogP contribution is -2.38. The maximum atomic E-state index is 11.1. The van der Waals surface area contributed by atoms with Crippen LogP contribution in [0.3, 0.4) is 0 Å². The maximum absolute atomic E-state index is 11.1. The normalized spacial score (nSPS) is 16.4. The number of rotatable bonds is 2. The highest BCUT2D eigenvalue weighted by molar-refractivity contribution is 5.88. The van der Waals surface area contributed by atoms with Gasteiger partial charge in [0.15, 0.2) is 5.70 Å². The first-order valence-electron chi connectivity index (χ1n) is 3.79. The van der Waals surface area contributed by atoms with E-state index in [1.165, 1.54) is 7.11 Å². The smallest absolute Gasteiger partial charge is 0.357 e. The Morgan fingerprint density at radius 3 is 2.75 bits per heavy atom. The largest absolute Gasteiger partial charge is 0.464 e. The Labute approximate surface area is 71.3 Å². The van der Waals surface area contributed by atoms with Crippen molar-refractivity contribution >= 4 is 5.97 Å². The SMILES string of the molecule is CCN1NNC(C(=O)OC)=C1C. The van der Waals surface area contributed by atoms with Gasteiger partial charge in [0.1, 0.15) is 0 Å². The summed E-state index contributed by atoms with van der Waals surface area (Å²) in [4.78, 5) is 11.1. The summed E-state index contributed by atoms with van der Waals surface area (Å²) in [6, 6.07) is 0. The molecule has 0 unspecified atom stereocenters. The third-order valence-corrected chi connectivity index (χ3v) is 1.79. The highest BCUT2D eigenvalue weighted by Crippen LogP contribution is 2.10. The number of carbonyl (C=O) groups is 1. The number of methoxy groups -OCH3 is 1. The number of allylic oxidation sites excluding steroid dienone is 1. The monoisotopic (exact) mass is 171 g/mol. The molecular weight excluding hydrogens is 158 g/mol. The van der Waals surface area contributed by atoms with Crippen LogP contribution in [0.5, 0.6) is 0 Å². The van der Waals surface area contributed by atoms with E-state index in [2.05, 4.69) is 15.7 Å². The van der Waals surface area contributed by atoms with Crippen LogP contribution in [0, 0.1) is 0 Å². The average Bonchev–Trinajstić information content (AvgIpc) is 2.45. The lowest BCUT2D eigenvalue weighted by atomic mass is 10.3. The van der Waals surface area contributed by atoms with Crippen LogP contribution in [-0.2, 0) is 9.53 Å². The zero-order valence-electron chi connectivity index (χ0n) is 7.47. The summed E-state index contributed by atoms with van der Waals surface area (Å²) in [6.45, 7) is 4.63. The number of esters is 1. The van der Waals surface area contributed by atoms with Crippen molar-refractivity contribution in [2.75, 3.05) is 13.7 Å². The van der Waals surface area contributed by atoms with Crippen LogP contribution in [0.15, 0.2) is 11.4 Å². The van der Waals surface area contributed by atoms with Gasteiger partial charge >= 0.3 is 5.97 Å². The van der Waals surface area contributed by atoms with E-state index in [4.69, 9.17) is 0 Å². The average molecular weight is 171 g/mol. The van der Waals surface area contributed by atoms with Gasteiger partial charge in [-0.3, -0.25) is 10.4 Å². The van der Waals surface area contributed by atoms with Gasteiger partial charge in [-0.05, 0) is 13.8 Å². The predicted octanol–water partition coefficient (Wildman–Crippen LogP) is -0.264. The second kappa shape index (κ2) is 3.44. The molecule has 1 heterocycles. The number of hydrogen-bond donors (Lipinski definition) is 2. The molecule has 5 nitrogen and oxygen atoms in total. The number of nitrogens with zero attached hydrogens (tertiary/aromatic N) is 1. The predicted molar refractivity (Wildman–Crippen MR) is 43.4 cm³/mol. The Morgan fingerprint density at radius 1 is 1.67 bits per heavy atom. The quantitative estimate of drug-likeness (QED) is 0.560. The van der Waals surface area contributed by atoms with Crippen LogP contribution in [0.4, 0.5) is 0 Å². The zero-order chi connectivity index (χ0) is 9.14. The van der Waals surface area contributed by atoms with E-state index in [9.17, 15) is 4.79 Å². The Balaban J connectivity index is 2.77. The summed E-state index contributed by atoms with van der Waals surface area (Å²) < 4.78 is 4.57. The molecule has 0 radical (unpaired) electrons. The fourth-order valence-corrected chi connectivity index (χ4v) is 1.05. The molecular formula is C7H13N3O2. The van der Waals surface area contributed by atoms with Crippen molar-refractivity contribution in [3.8, 4) is 0 Å². The van der Waals surface area contributed by atoms with E-state index in [0.29, 0.717) is 5.70 Å². The van der Waals surface area contributed by atoms with Crippen molar-refractivity contribution in [2.24, 2.45) is 0 Å². The van der Waals surface area contributed by atoms with Crippen molar-refractivity contribution in [3.63, 3.8) is 0 Å². The standard InChI is InChI=1S/C7H13N3O2/c1-4-10-5(2)6(8-9-10)7(11)12-3/h8-9H,4H2,1-3H3. The minimum absolute atomic E-state index is 0.351. The van der Waals surface area contributed by atoms with E-state index < -0.39 is 0 Å². The summed E-state index contributed by atoms with van der Waals surface area (Å²) in [5.74, 6) is -0.351. The van der Waals surface area contributed by atoms with Crippen molar-refractivity contribution < 1.29 is 9.53 Å². The van der Waals surface area contributed by atoms with Crippen LogP contribution < -0.4 is 11.0 Å². The van der Waals surface area contributed by atoms with E-state index in [1.807, 2.05) is 18.9 Å². The van der Waals surface area contributed by atoms with E-state index in [0.717, 1.165) is 12.2 Å². The topological polar surface area (TPSA) is 53.6 Å². The second-order valence-corrected chi connectivity index (χ2v) is 2.43. The zero-order valence-corrected chi connectivity index (χ0v) is 7.47. The second-order valence-electron chi connectivity index (χ2n) is 2.43. The molecule has 0 aromatic rings. The fourth-order valence-electron chi connectivity index (χ4n) is 1.05. The molecule has 0 spiro atoms. The van der Waals surface area contributed by atoms with Gasteiger partial charge < -0.3 is 4.74 Å². The van der Waals surface area contributed by atoms with E-state index in [-0.39, 0.29) is 5.97 Å². The first-order chi connectivity index (χ1) is 5.70. The molecule has 2 N–H and O–H groups in total. The number of hydrazine groups is 2. The lowest BCUT2D eigenvalue weighted by molar-refractivity contribution is -0.136. The minimum atomic E-state index is -0.351. The molecule has 0 aromatic heterocycles. The minimum Gasteiger partial charge on any atom is -0.464 e. The van der Waals surface area contributed by atoms with Gasteiger partial charge in [-0.25, -0.2) is 4.79 Å². The molecule has 1 aliphatic heterocycles. The molecule has 12 heavy (non-hydrogen) atoms. The van der Waals surface area contributed by atoms with Gasteiger partial charge in [0.25, 0.3) is 0 Å². The van der Waals surface area contributed by atoms with Gasteiger partial charge in [0.05, 0.1) is 12.8 Å². The Bertz CT molecular complexity index is 225. The van der Waals surface area contributed by atoms with Crippen molar-refractivity contribution in [1.82, 2.24) is 16.0 Å². The van der Waals surface area contributed by atoms with Crippen molar-refractivity contribution in [3.05, 3.63) is 11.4 Å². The van der Waals surface area contributed by atoms with E-state index in [1.54, 1.807) is 0 Å². The van der Waals surface area contributed by atoms with Crippen LogP contribution in [0.25, 0.3) is 0 Å². The molecule has 0 amide bonds. The highest BCUT2D eigenvalue weighted by Gasteiger charge is 2.22. The Morgan fingerprint density at radius 2 is 2.33 bits per heavy atom. The van der Waals surface area contributed by atoms with Gasteiger partial charge in [0.2, 0.25) is 0 Å². The van der Waals surface area contributed by atoms with Gasteiger partial charge in [-0.15, -0.1) is 5.53 Å². The molecule has 0 atom stereocenters. The third-order valence-electron chi connectivity index (χ3n) is 1.79. The summed E-state index contributed by atoms with van der Waals surface area (Å²) in [5, 5.41) is 1.83. The fraction of sp³-hybridized carbons (Fsp3) is 0.571. The van der Waals surface area contributed by atoms with Gasteiger partial charge in [-0.2, -0.15) is 0 Å². The number of ether oxygens (including phenoxy) is 1. The summed E-state index contributed by atoms with van der Waals surface area (Å²) in [7, 11) is 1.36. The highest BCUT2D eigenvalue weighted by atomic mass is 16.5. The molecule has 0 saturated heterocycles. The molecule has 0 saturated carbocycles. The van der Waals surface area contributed by atoms with Gasteiger partial charge in [0, 0.05) is 6.54 Å². The molecule has 0 fully saturated rings.